The molecule has 0 aromatic carbocycles. The molecule has 1 atom stereocenters. The highest BCUT2D eigenvalue weighted by Crippen LogP contribution is 2.31. The third kappa shape index (κ3) is 2.19. The van der Waals surface area contributed by atoms with Crippen LogP contribution in [-0.4, -0.2) is 5.91 Å². The van der Waals surface area contributed by atoms with Gasteiger partial charge in [0, 0.05) is 22.1 Å². The zero-order valence-electron chi connectivity index (χ0n) is 6.77. The van der Waals surface area contributed by atoms with Gasteiger partial charge in [0.25, 0.3) is 0 Å². The normalized spacial score (nSPS) is 21.6. The Morgan fingerprint density at radius 3 is 2.55 bits per heavy atom. The Labute approximate surface area is 76.1 Å². The fourth-order valence-electron chi connectivity index (χ4n) is 1.76. The number of rotatable bonds is 2. The first kappa shape index (κ1) is 9.04. The summed E-state index contributed by atoms with van der Waals surface area (Å²) in [5, 5.41) is 0. The van der Waals surface area contributed by atoms with Crippen molar-refractivity contribution in [1.82, 2.24) is 4.34 Å². The predicted molar refractivity (Wildman–Crippen MR) is 48.2 cm³/mol. The molecule has 0 saturated heterocycles. The number of amides is 1. The molecular formula is C8H14BrNO. The summed E-state index contributed by atoms with van der Waals surface area (Å²) in [6.45, 7) is 2.01. The third-order valence-electron chi connectivity index (χ3n) is 2.61. The first-order valence-electron chi connectivity index (χ1n) is 4.16. The van der Waals surface area contributed by atoms with Crippen molar-refractivity contribution in [2.75, 3.05) is 0 Å². The van der Waals surface area contributed by atoms with Crippen LogP contribution in [0.1, 0.15) is 32.6 Å². The van der Waals surface area contributed by atoms with Crippen molar-refractivity contribution < 1.29 is 4.79 Å². The van der Waals surface area contributed by atoms with Crippen molar-refractivity contribution in [1.29, 1.82) is 0 Å². The van der Waals surface area contributed by atoms with Gasteiger partial charge < -0.3 is 0 Å². The fraction of sp³-hybridized carbons (Fsp3) is 0.875. The van der Waals surface area contributed by atoms with E-state index in [1.54, 1.807) is 0 Å². The Kier molecular flexibility index (Phi) is 3.37. The van der Waals surface area contributed by atoms with Crippen molar-refractivity contribution >= 4 is 22.1 Å². The lowest BCUT2D eigenvalue weighted by Crippen LogP contribution is -2.26. The lowest BCUT2D eigenvalue weighted by molar-refractivity contribution is -0.123. The van der Waals surface area contributed by atoms with Crippen LogP contribution in [0.15, 0.2) is 0 Å². The maximum absolute atomic E-state index is 11.1. The molecule has 1 unspecified atom stereocenters. The first-order chi connectivity index (χ1) is 5.25. The molecule has 1 aliphatic carbocycles. The van der Waals surface area contributed by atoms with Crippen LogP contribution < -0.4 is 4.34 Å². The van der Waals surface area contributed by atoms with Crippen LogP contribution in [0.25, 0.3) is 0 Å². The SMILES string of the molecule is CC(C(=O)NBr)C1CCCC1. The predicted octanol–water partition coefficient (Wildman–Crippen LogP) is 2.24. The molecule has 0 bridgehead atoms. The van der Waals surface area contributed by atoms with Gasteiger partial charge in [-0.25, -0.2) is 0 Å². The van der Waals surface area contributed by atoms with Gasteiger partial charge >= 0.3 is 0 Å². The molecule has 1 saturated carbocycles. The molecule has 0 heterocycles. The van der Waals surface area contributed by atoms with E-state index in [0.717, 1.165) is 0 Å². The molecule has 0 aliphatic heterocycles. The van der Waals surface area contributed by atoms with E-state index in [-0.39, 0.29) is 11.8 Å². The van der Waals surface area contributed by atoms with Gasteiger partial charge in [0.15, 0.2) is 0 Å². The van der Waals surface area contributed by atoms with Crippen molar-refractivity contribution in [3.8, 4) is 0 Å². The van der Waals surface area contributed by atoms with Crippen LogP contribution >= 0.6 is 16.1 Å². The van der Waals surface area contributed by atoms with Crippen molar-refractivity contribution in [2.24, 2.45) is 11.8 Å². The number of hydrogen-bond donors (Lipinski definition) is 1. The molecule has 3 heteroatoms. The zero-order chi connectivity index (χ0) is 8.27. The van der Waals surface area contributed by atoms with Gasteiger partial charge in [0.05, 0.1) is 0 Å². The van der Waals surface area contributed by atoms with Gasteiger partial charge in [-0.15, -0.1) is 0 Å². The summed E-state index contributed by atoms with van der Waals surface area (Å²) in [7, 11) is 0. The fourth-order valence-corrected chi connectivity index (χ4v) is 2.12. The molecule has 1 N–H and O–H groups in total. The second kappa shape index (κ2) is 4.10. The molecule has 11 heavy (non-hydrogen) atoms. The minimum atomic E-state index is 0.122. The smallest absolute Gasteiger partial charge is 0.232 e. The summed E-state index contributed by atoms with van der Waals surface area (Å²) >= 11 is 2.96. The van der Waals surface area contributed by atoms with Gasteiger partial charge in [0.2, 0.25) is 5.91 Å². The molecule has 1 rings (SSSR count). The average Bonchev–Trinajstić information content (AvgIpc) is 2.53. The van der Waals surface area contributed by atoms with Gasteiger partial charge in [-0.3, -0.25) is 9.14 Å². The Hall–Kier alpha value is -0.0500. The second-order valence-electron chi connectivity index (χ2n) is 3.29. The molecule has 2 nitrogen and oxygen atoms in total. The number of hydrogen-bond acceptors (Lipinski definition) is 1. The maximum atomic E-state index is 11.1. The largest absolute Gasteiger partial charge is 0.292 e. The average molecular weight is 220 g/mol. The van der Waals surface area contributed by atoms with Crippen LogP contribution in [0.3, 0.4) is 0 Å². The minimum absolute atomic E-state index is 0.122. The maximum Gasteiger partial charge on any atom is 0.232 e. The highest BCUT2D eigenvalue weighted by molar-refractivity contribution is 9.08. The van der Waals surface area contributed by atoms with E-state index in [0.29, 0.717) is 5.92 Å². The van der Waals surface area contributed by atoms with E-state index < -0.39 is 0 Å². The van der Waals surface area contributed by atoms with Crippen LogP contribution in [0.2, 0.25) is 0 Å². The molecule has 64 valence electrons. The summed E-state index contributed by atoms with van der Waals surface area (Å²) < 4.78 is 2.52. The summed E-state index contributed by atoms with van der Waals surface area (Å²) in [4.78, 5) is 11.1. The summed E-state index contributed by atoms with van der Waals surface area (Å²) in [6, 6.07) is 0. The summed E-state index contributed by atoms with van der Waals surface area (Å²) in [6.07, 6.45) is 5.04. The van der Waals surface area contributed by atoms with E-state index in [2.05, 4.69) is 20.5 Å². The topological polar surface area (TPSA) is 29.1 Å². The number of halogens is 1. The lowest BCUT2D eigenvalue weighted by Gasteiger charge is -2.15. The van der Waals surface area contributed by atoms with E-state index in [4.69, 9.17) is 0 Å². The monoisotopic (exact) mass is 219 g/mol. The Balaban J connectivity index is 2.39. The summed E-state index contributed by atoms with van der Waals surface area (Å²) in [5.74, 6) is 0.918. The second-order valence-corrected chi connectivity index (χ2v) is 3.69. The number of nitrogens with one attached hydrogen (secondary N) is 1. The lowest BCUT2D eigenvalue weighted by atomic mass is 9.92. The highest BCUT2D eigenvalue weighted by Gasteiger charge is 2.25. The van der Waals surface area contributed by atoms with Crippen LogP contribution in [0, 0.1) is 11.8 Å². The molecule has 0 spiro atoms. The van der Waals surface area contributed by atoms with Crippen LogP contribution in [0.5, 0.6) is 0 Å². The standard InChI is InChI=1S/C8H14BrNO/c1-6(8(11)10-9)7-4-2-3-5-7/h6-7H,2-5H2,1H3,(H,10,11). The molecule has 1 amide bonds. The van der Waals surface area contributed by atoms with Crippen molar-refractivity contribution in [3.05, 3.63) is 0 Å². The third-order valence-corrected chi connectivity index (χ3v) is 3.00. The van der Waals surface area contributed by atoms with Crippen molar-refractivity contribution in [3.63, 3.8) is 0 Å². The van der Waals surface area contributed by atoms with Gasteiger partial charge in [-0.05, 0) is 18.8 Å². The van der Waals surface area contributed by atoms with E-state index >= 15 is 0 Å². The van der Waals surface area contributed by atoms with Gasteiger partial charge in [0.1, 0.15) is 0 Å². The zero-order valence-corrected chi connectivity index (χ0v) is 8.36. The summed E-state index contributed by atoms with van der Waals surface area (Å²) in [5.41, 5.74) is 0. The van der Waals surface area contributed by atoms with E-state index in [9.17, 15) is 4.79 Å². The Morgan fingerprint density at radius 2 is 2.09 bits per heavy atom. The number of carbonyl (C=O) groups excluding carboxylic acids is 1. The molecule has 1 aliphatic rings. The number of carbonyl (C=O) groups is 1. The van der Waals surface area contributed by atoms with Gasteiger partial charge in [-0.2, -0.15) is 0 Å². The quantitative estimate of drug-likeness (QED) is 0.710. The molecule has 0 aromatic rings. The van der Waals surface area contributed by atoms with Crippen molar-refractivity contribution in [2.45, 2.75) is 32.6 Å². The molecule has 0 radical (unpaired) electrons. The van der Waals surface area contributed by atoms with Crippen LogP contribution in [0.4, 0.5) is 0 Å². The molecule has 1 fully saturated rings. The van der Waals surface area contributed by atoms with Crippen LogP contribution in [-0.2, 0) is 4.79 Å². The molecule has 0 aromatic heterocycles. The minimum Gasteiger partial charge on any atom is -0.292 e. The Morgan fingerprint density at radius 1 is 1.55 bits per heavy atom. The van der Waals surface area contributed by atoms with E-state index in [1.165, 1.54) is 25.7 Å². The van der Waals surface area contributed by atoms with E-state index in [1.807, 2.05) is 6.92 Å². The highest BCUT2D eigenvalue weighted by atomic mass is 79.9. The van der Waals surface area contributed by atoms with Gasteiger partial charge in [-0.1, -0.05) is 19.8 Å². The Bertz CT molecular complexity index is 143. The first-order valence-corrected chi connectivity index (χ1v) is 4.95. The molecular weight excluding hydrogens is 206 g/mol.